The van der Waals surface area contributed by atoms with Crippen molar-refractivity contribution in [1.29, 1.82) is 0 Å². The second kappa shape index (κ2) is 13.7. The molecule has 0 aliphatic carbocycles. The van der Waals surface area contributed by atoms with Crippen molar-refractivity contribution < 1.29 is 32.0 Å². The van der Waals surface area contributed by atoms with Crippen LogP contribution in [-0.2, 0) is 10.1 Å². The molecule has 0 heterocycles. The van der Waals surface area contributed by atoms with Crippen LogP contribution in [0.15, 0.2) is 42.6 Å². The molecule has 37 heavy (non-hydrogen) atoms. The zero-order valence-corrected chi connectivity index (χ0v) is 35.5. The summed E-state index contributed by atoms with van der Waals surface area (Å²) in [5.74, 6) is -1.38. The lowest BCUT2D eigenvalue weighted by atomic mass is 10.1. The van der Waals surface area contributed by atoms with E-state index in [1.165, 1.54) is 12.1 Å². The molecule has 0 radical (unpaired) electrons. The quantitative estimate of drug-likeness (QED) is 0.0627. The van der Waals surface area contributed by atoms with Crippen LogP contribution in [-0.4, -0.2) is 24.9 Å². The summed E-state index contributed by atoms with van der Waals surface area (Å²) in [7, 11) is -4.72. The van der Waals surface area contributed by atoms with Crippen molar-refractivity contribution in [2.24, 2.45) is 0 Å². The van der Waals surface area contributed by atoms with Gasteiger partial charge in [-0.1, -0.05) is 15.9 Å². The molecule has 0 saturated heterocycles. The molecule has 0 aliphatic rings. The van der Waals surface area contributed by atoms with Crippen molar-refractivity contribution in [3.05, 3.63) is 70.2 Å². The molecule has 3 aromatic carbocycles. The highest BCUT2D eigenvalue weighted by Gasteiger charge is 2.31. The average Bonchev–Trinajstić information content (AvgIpc) is 2.75. The molecular formula is C20H4Br3I6O7S-. The summed E-state index contributed by atoms with van der Waals surface area (Å²) in [6.07, 6.45) is 0. The summed E-state index contributed by atoms with van der Waals surface area (Å²) in [6.45, 7) is 0. The van der Waals surface area contributed by atoms with Crippen LogP contribution in [0, 0.1) is 21.4 Å². The zero-order chi connectivity index (χ0) is 28.0. The Hall–Kier alpha value is 2.33. The van der Waals surface area contributed by atoms with Crippen LogP contribution in [0.3, 0.4) is 0 Å². The lowest BCUT2D eigenvalue weighted by molar-refractivity contribution is 0.0688. The molecule has 3 rings (SSSR count). The van der Waals surface area contributed by atoms with E-state index >= 15 is 0 Å². The smallest absolute Gasteiger partial charge is 0.345 e. The summed E-state index contributed by atoms with van der Waals surface area (Å²) in [5, 5.41) is 0. The number of carbonyl (C=O) groups excluding carboxylic acids is 2. The molecule has 0 amide bonds. The third-order valence-corrected chi connectivity index (χ3v) is 16.7. The largest absolute Gasteiger partial charge is 0.744 e. The number of benzene rings is 3. The molecule has 0 atom stereocenters. The van der Waals surface area contributed by atoms with Gasteiger partial charge in [0, 0.05) is 25.9 Å². The third kappa shape index (κ3) is 7.84. The highest BCUT2D eigenvalue weighted by Crippen LogP contribution is 2.39. The minimum atomic E-state index is -4.72. The van der Waals surface area contributed by atoms with E-state index in [4.69, 9.17) is 9.47 Å². The van der Waals surface area contributed by atoms with Crippen molar-refractivity contribution in [3.63, 3.8) is 0 Å². The van der Waals surface area contributed by atoms with Gasteiger partial charge in [-0.15, -0.1) is 0 Å². The van der Waals surface area contributed by atoms with E-state index < -0.39 is 27.0 Å². The fraction of sp³-hybridized carbons (Fsp3) is 0. The van der Waals surface area contributed by atoms with Gasteiger partial charge in [-0.25, -0.2) is 18.0 Å². The standard InChI is InChI=1S/C20H5Br3I6O7S/c21-5-1-7(22)17(8(23)2-5)36-20(31)12-11(13(26)15(28)16(29)14(12)27)19(30)35-6-3-9(24)18(10(25)4-6)37(32,33)34/h1-4H,(H,32,33,34)/p-1. The Kier molecular flexibility index (Phi) is 12.6. The molecule has 0 N–H and O–H groups in total. The van der Waals surface area contributed by atoms with E-state index in [0.29, 0.717) is 16.1 Å². The predicted molar refractivity (Wildman–Crippen MR) is 197 cm³/mol. The van der Waals surface area contributed by atoms with E-state index in [1.807, 2.05) is 45.2 Å². The number of hydrogen-bond acceptors (Lipinski definition) is 7. The zero-order valence-electron chi connectivity index (χ0n) is 17.0. The lowest BCUT2D eigenvalue weighted by Gasteiger charge is -2.18. The van der Waals surface area contributed by atoms with E-state index in [-0.39, 0.29) is 29.8 Å². The fourth-order valence-electron chi connectivity index (χ4n) is 2.78. The van der Waals surface area contributed by atoms with Crippen molar-refractivity contribution in [2.45, 2.75) is 4.90 Å². The van der Waals surface area contributed by atoms with Gasteiger partial charge in [0.05, 0.1) is 25.0 Å². The van der Waals surface area contributed by atoms with Crippen LogP contribution < -0.4 is 9.47 Å². The number of hydrogen-bond donors (Lipinski definition) is 0. The summed E-state index contributed by atoms with van der Waals surface area (Å²) in [5.41, 5.74) is 0.0133. The maximum absolute atomic E-state index is 13.5. The SMILES string of the molecule is O=C(Oc1cc(I)c(S(=O)(=O)[O-])c(I)c1)c1c(I)c(I)c(I)c(I)c1C(=O)Oc1c(Br)cc(Br)cc1Br. The molecule has 3 aromatic rings. The van der Waals surface area contributed by atoms with E-state index in [1.54, 1.807) is 57.3 Å². The number of rotatable bonds is 5. The Morgan fingerprint density at radius 2 is 1.11 bits per heavy atom. The molecule has 17 heteroatoms. The van der Waals surface area contributed by atoms with Crippen LogP contribution in [0.2, 0.25) is 0 Å². The Balaban J connectivity index is 2.12. The topological polar surface area (TPSA) is 110 Å². The molecule has 0 bridgehead atoms. The third-order valence-electron chi connectivity index (χ3n) is 4.27. The van der Waals surface area contributed by atoms with Gasteiger partial charge in [0.15, 0.2) is 5.75 Å². The van der Waals surface area contributed by atoms with Crippen LogP contribution >= 0.6 is 183 Å². The molecular weight excluding hydrogens is 1390 g/mol. The second-order valence-corrected chi connectivity index (χ2v) is 17.2. The number of carbonyl (C=O) groups is 2. The average molecular weight is 1390 g/mol. The van der Waals surface area contributed by atoms with Crippen LogP contribution in [0.1, 0.15) is 20.7 Å². The van der Waals surface area contributed by atoms with Crippen molar-refractivity contribution >= 4 is 205 Å². The Bertz CT molecular complexity index is 1550. The van der Waals surface area contributed by atoms with Gasteiger partial charge in [-0.05, 0) is 192 Å². The monoisotopic (exact) mass is 1390 g/mol. The van der Waals surface area contributed by atoms with Gasteiger partial charge in [0.25, 0.3) is 0 Å². The van der Waals surface area contributed by atoms with Gasteiger partial charge in [-0.3, -0.25) is 0 Å². The van der Waals surface area contributed by atoms with Crippen molar-refractivity contribution in [3.8, 4) is 11.5 Å². The highest BCUT2D eigenvalue weighted by atomic mass is 127. The molecule has 0 saturated carbocycles. The van der Waals surface area contributed by atoms with Crippen LogP contribution in [0.25, 0.3) is 0 Å². The molecule has 0 aromatic heterocycles. The van der Waals surface area contributed by atoms with Crippen LogP contribution in [0.5, 0.6) is 11.5 Å². The summed E-state index contributed by atoms with van der Waals surface area (Å²) in [4.78, 5) is 26.5. The second-order valence-electron chi connectivity index (χ2n) is 6.65. The van der Waals surface area contributed by atoms with E-state index in [2.05, 4.69) is 93.0 Å². The van der Waals surface area contributed by atoms with Gasteiger partial charge >= 0.3 is 11.9 Å². The van der Waals surface area contributed by atoms with Gasteiger partial charge in [-0.2, -0.15) is 0 Å². The van der Waals surface area contributed by atoms with Gasteiger partial charge in [0.2, 0.25) is 0 Å². The molecule has 0 unspecified atom stereocenters. The van der Waals surface area contributed by atoms with Crippen molar-refractivity contribution in [2.75, 3.05) is 0 Å². The molecule has 0 aliphatic heterocycles. The summed E-state index contributed by atoms with van der Waals surface area (Å²) in [6, 6.07) is 5.97. The van der Waals surface area contributed by atoms with E-state index in [9.17, 15) is 22.6 Å². The first-order valence-electron chi connectivity index (χ1n) is 8.94. The minimum Gasteiger partial charge on any atom is -0.744 e. The first-order valence-corrected chi connectivity index (χ1v) is 19.2. The normalized spacial score (nSPS) is 11.4. The highest BCUT2D eigenvalue weighted by molar-refractivity contribution is 14.1. The lowest BCUT2D eigenvalue weighted by Crippen LogP contribution is -2.23. The Morgan fingerprint density at radius 3 is 1.51 bits per heavy atom. The molecule has 7 nitrogen and oxygen atoms in total. The van der Waals surface area contributed by atoms with E-state index in [0.717, 1.165) is 11.6 Å². The van der Waals surface area contributed by atoms with Crippen LogP contribution in [0.4, 0.5) is 0 Å². The Labute approximate surface area is 318 Å². The molecule has 0 spiro atoms. The first kappa shape index (κ1) is 33.8. The maximum Gasteiger partial charge on any atom is 0.345 e. The summed E-state index contributed by atoms with van der Waals surface area (Å²) < 4.78 is 50.5. The van der Waals surface area contributed by atoms with Crippen molar-refractivity contribution in [1.82, 2.24) is 0 Å². The number of halogens is 9. The first-order chi connectivity index (χ1) is 17.0. The molecule has 196 valence electrons. The van der Waals surface area contributed by atoms with Gasteiger partial charge in [0.1, 0.15) is 15.9 Å². The Morgan fingerprint density at radius 1 is 0.703 bits per heavy atom. The van der Waals surface area contributed by atoms with Gasteiger partial charge < -0.3 is 14.0 Å². The molecule has 0 fully saturated rings. The number of ether oxygens (including phenoxy) is 2. The fourth-order valence-corrected chi connectivity index (χ4v) is 12.8. The summed E-state index contributed by atoms with van der Waals surface area (Å²) >= 11 is 21.6. The maximum atomic E-state index is 13.5. The number of esters is 2. The minimum absolute atomic E-state index is 0.00490. The predicted octanol–water partition coefficient (Wildman–Crippen LogP) is 8.94.